The van der Waals surface area contributed by atoms with Crippen LogP contribution in [-0.2, 0) is 9.05 Å². The van der Waals surface area contributed by atoms with Crippen LogP contribution in [0.25, 0.3) is 0 Å². The second-order valence-electron chi connectivity index (χ2n) is 4.14. The van der Waals surface area contributed by atoms with Gasteiger partial charge in [0.25, 0.3) is 0 Å². The lowest BCUT2D eigenvalue weighted by Crippen LogP contribution is -2.17. The lowest BCUT2D eigenvalue weighted by Gasteiger charge is -2.12. The topological polar surface area (TPSA) is 52.6 Å². The first-order valence-electron chi connectivity index (χ1n) is 5.46. The fraction of sp³-hybridized carbons (Fsp3) is 0.455. The minimum absolute atomic E-state index is 0.0748. The molecule has 0 aliphatic heterocycles. The van der Waals surface area contributed by atoms with E-state index in [9.17, 15) is 21.6 Å². The molecule has 4 nitrogen and oxygen atoms in total. The molecule has 0 saturated carbocycles. The summed E-state index contributed by atoms with van der Waals surface area (Å²) in [4.78, 5) is 0. The summed E-state index contributed by atoms with van der Waals surface area (Å²) in [6.07, 6.45) is -4.74. The molecule has 0 aliphatic rings. The maximum Gasteiger partial charge on any atom is 0.573 e. The largest absolute Gasteiger partial charge is 0.573 e. The maximum atomic E-state index is 11.9. The Balaban J connectivity index is 2.50. The Morgan fingerprint density at radius 3 is 2.15 bits per heavy atom. The van der Waals surface area contributed by atoms with Crippen LogP contribution in [0.5, 0.6) is 11.5 Å². The van der Waals surface area contributed by atoms with Crippen LogP contribution in [0.15, 0.2) is 24.3 Å². The first-order valence-corrected chi connectivity index (χ1v) is 7.94. The van der Waals surface area contributed by atoms with Crippen LogP contribution in [-0.4, -0.2) is 27.1 Å². The van der Waals surface area contributed by atoms with E-state index >= 15 is 0 Å². The molecule has 0 amide bonds. The fourth-order valence-corrected chi connectivity index (χ4v) is 2.79. The highest BCUT2D eigenvalue weighted by Gasteiger charge is 2.30. The van der Waals surface area contributed by atoms with Crippen LogP contribution in [0.1, 0.15) is 6.92 Å². The first-order chi connectivity index (χ1) is 9.05. The third-order valence-corrected chi connectivity index (χ3v) is 3.42. The maximum absolute atomic E-state index is 11.9. The molecule has 0 fully saturated rings. The lowest BCUT2D eigenvalue weighted by molar-refractivity contribution is -0.274. The van der Waals surface area contributed by atoms with Crippen molar-refractivity contribution in [2.24, 2.45) is 5.92 Å². The number of halogens is 4. The molecular weight excluding hydrogens is 321 g/mol. The van der Waals surface area contributed by atoms with Gasteiger partial charge in [-0.3, -0.25) is 0 Å². The van der Waals surface area contributed by atoms with Gasteiger partial charge in [0.15, 0.2) is 0 Å². The molecule has 0 spiro atoms. The third kappa shape index (κ3) is 7.44. The molecule has 0 N–H and O–H groups in total. The molecule has 0 aliphatic carbocycles. The van der Waals surface area contributed by atoms with Crippen molar-refractivity contribution in [2.75, 3.05) is 12.4 Å². The molecule has 0 heterocycles. The molecular formula is C11H12ClF3O4S. The van der Waals surface area contributed by atoms with Gasteiger partial charge in [0.05, 0.1) is 12.4 Å². The highest BCUT2D eigenvalue weighted by molar-refractivity contribution is 8.13. The zero-order valence-electron chi connectivity index (χ0n) is 10.4. The predicted octanol–water partition coefficient (Wildman–Crippen LogP) is 3.17. The summed E-state index contributed by atoms with van der Waals surface area (Å²) in [5.74, 6) is -0.646. The van der Waals surface area contributed by atoms with E-state index in [1.54, 1.807) is 6.92 Å². The third-order valence-electron chi connectivity index (χ3n) is 2.08. The summed E-state index contributed by atoms with van der Waals surface area (Å²) in [7, 11) is 1.48. The monoisotopic (exact) mass is 332 g/mol. The van der Waals surface area contributed by atoms with Crippen molar-refractivity contribution in [2.45, 2.75) is 13.3 Å². The van der Waals surface area contributed by atoms with Gasteiger partial charge < -0.3 is 9.47 Å². The van der Waals surface area contributed by atoms with Gasteiger partial charge in [-0.1, -0.05) is 6.92 Å². The molecule has 0 aromatic heterocycles. The second-order valence-corrected chi connectivity index (χ2v) is 6.96. The summed E-state index contributed by atoms with van der Waals surface area (Å²) in [6, 6.07) is 4.80. The number of rotatable bonds is 6. The molecule has 1 atom stereocenters. The minimum atomic E-state index is -4.74. The second kappa shape index (κ2) is 6.53. The van der Waals surface area contributed by atoms with E-state index in [4.69, 9.17) is 15.4 Å². The zero-order valence-corrected chi connectivity index (χ0v) is 11.9. The van der Waals surface area contributed by atoms with Crippen molar-refractivity contribution in [1.29, 1.82) is 0 Å². The van der Waals surface area contributed by atoms with Crippen LogP contribution >= 0.6 is 10.7 Å². The SMILES string of the molecule is CC(COc1ccc(OC(F)(F)F)cc1)CS(=O)(=O)Cl. The number of benzene rings is 1. The van der Waals surface area contributed by atoms with Gasteiger partial charge in [-0.05, 0) is 24.3 Å². The highest BCUT2D eigenvalue weighted by atomic mass is 35.7. The number of ether oxygens (including phenoxy) is 2. The summed E-state index contributed by atoms with van der Waals surface area (Å²) in [6.45, 7) is 1.70. The van der Waals surface area contributed by atoms with Gasteiger partial charge in [0, 0.05) is 16.6 Å². The van der Waals surface area contributed by atoms with E-state index < -0.39 is 15.4 Å². The van der Waals surface area contributed by atoms with Crippen molar-refractivity contribution in [1.82, 2.24) is 0 Å². The van der Waals surface area contributed by atoms with E-state index in [1.165, 1.54) is 12.1 Å². The van der Waals surface area contributed by atoms with Gasteiger partial charge in [-0.2, -0.15) is 0 Å². The summed E-state index contributed by atoms with van der Waals surface area (Å²) in [5, 5.41) is 0. The number of hydrogen-bond donors (Lipinski definition) is 0. The van der Waals surface area contributed by atoms with Gasteiger partial charge in [0.2, 0.25) is 9.05 Å². The van der Waals surface area contributed by atoms with Crippen molar-refractivity contribution >= 4 is 19.7 Å². The van der Waals surface area contributed by atoms with Crippen LogP contribution in [0, 0.1) is 5.92 Å². The van der Waals surface area contributed by atoms with Gasteiger partial charge in [-0.25, -0.2) is 8.42 Å². The average molecular weight is 333 g/mol. The molecule has 1 aromatic carbocycles. The van der Waals surface area contributed by atoms with Gasteiger partial charge in [-0.15, -0.1) is 13.2 Å². The molecule has 1 aromatic rings. The Hall–Kier alpha value is -1.15. The summed E-state index contributed by atoms with van der Waals surface area (Å²) in [5.41, 5.74) is 0. The molecule has 20 heavy (non-hydrogen) atoms. The van der Waals surface area contributed by atoms with E-state index in [2.05, 4.69) is 4.74 Å². The predicted molar refractivity (Wildman–Crippen MR) is 67.4 cm³/mol. The molecule has 1 unspecified atom stereocenters. The Labute approximate surface area is 118 Å². The van der Waals surface area contributed by atoms with Crippen molar-refractivity contribution in [3.05, 3.63) is 24.3 Å². The van der Waals surface area contributed by atoms with Crippen molar-refractivity contribution in [3.63, 3.8) is 0 Å². The quantitative estimate of drug-likeness (QED) is 0.751. The molecule has 1 rings (SSSR count). The van der Waals surface area contributed by atoms with Crippen LogP contribution in [0.2, 0.25) is 0 Å². The smallest absolute Gasteiger partial charge is 0.493 e. The van der Waals surface area contributed by atoms with E-state index in [0.717, 1.165) is 12.1 Å². The summed E-state index contributed by atoms with van der Waals surface area (Å²) >= 11 is 0. The van der Waals surface area contributed by atoms with Crippen LogP contribution in [0.3, 0.4) is 0 Å². The van der Waals surface area contributed by atoms with Crippen molar-refractivity contribution < 1.29 is 31.1 Å². The van der Waals surface area contributed by atoms with Crippen LogP contribution < -0.4 is 9.47 Å². The number of alkyl halides is 3. The standard InChI is InChI=1S/C11H12ClF3O4S/c1-8(7-20(12,16)17)6-18-9-2-4-10(5-3-9)19-11(13,14)15/h2-5,8H,6-7H2,1H3. The average Bonchev–Trinajstić information content (AvgIpc) is 2.23. The molecule has 0 radical (unpaired) electrons. The normalized spacial score (nSPS) is 13.8. The van der Waals surface area contributed by atoms with Crippen LogP contribution in [0.4, 0.5) is 13.2 Å². The van der Waals surface area contributed by atoms with E-state index in [1.807, 2.05) is 0 Å². The van der Waals surface area contributed by atoms with E-state index in [0.29, 0.717) is 5.75 Å². The Morgan fingerprint density at radius 2 is 1.70 bits per heavy atom. The molecule has 0 bridgehead atoms. The summed E-state index contributed by atoms with van der Waals surface area (Å²) < 4.78 is 66.4. The highest BCUT2D eigenvalue weighted by Crippen LogP contribution is 2.24. The number of hydrogen-bond acceptors (Lipinski definition) is 4. The molecule has 0 saturated heterocycles. The Kier molecular flexibility index (Phi) is 5.52. The fourth-order valence-electron chi connectivity index (χ4n) is 1.36. The molecule has 114 valence electrons. The van der Waals surface area contributed by atoms with Gasteiger partial charge in [0.1, 0.15) is 11.5 Å². The molecule has 9 heteroatoms. The van der Waals surface area contributed by atoms with Crippen molar-refractivity contribution in [3.8, 4) is 11.5 Å². The zero-order chi connectivity index (χ0) is 15.4. The minimum Gasteiger partial charge on any atom is -0.493 e. The Bertz CT molecular complexity index is 528. The Morgan fingerprint density at radius 1 is 1.20 bits per heavy atom. The van der Waals surface area contributed by atoms with Gasteiger partial charge >= 0.3 is 6.36 Å². The lowest BCUT2D eigenvalue weighted by atomic mass is 10.2. The first kappa shape index (κ1) is 16.9. The van der Waals surface area contributed by atoms with E-state index in [-0.39, 0.29) is 24.0 Å².